The van der Waals surface area contributed by atoms with Crippen molar-refractivity contribution < 1.29 is 18.5 Å². The standard InChI is InChI=1S/C16H25N5O4S/c1-4-19-7-8-25-11-14(19)16(23)18-26(3,24)15-9-17-21-6-5-20(12(2)22)10-13(15)21/h9,14H,4-8,10-11H2,1-3H3. The number of carbonyl (C=O) groups excluding carboxylic acids is 2. The van der Waals surface area contributed by atoms with E-state index in [1.165, 1.54) is 19.4 Å². The average Bonchev–Trinajstić information content (AvgIpc) is 3.05. The van der Waals surface area contributed by atoms with Crippen molar-refractivity contribution in [3.05, 3.63) is 11.9 Å². The van der Waals surface area contributed by atoms with E-state index in [1.54, 1.807) is 9.58 Å². The molecule has 2 amide bonds. The van der Waals surface area contributed by atoms with Gasteiger partial charge in [-0.3, -0.25) is 19.2 Å². The van der Waals surface area contributed by atoms with Crippen LogP contribution in [0.25, 0.3) is 0 Å². The van der Waals surface area contributed by atoms with Crippen molar-refractivity contribution >= 4 is 21.5 Å². The zero-order valence-electron chi connectivity index (χ0n) is 15.4. The van der Waals surface area contributed by atoms with Crippen LogP contribution in [0.4, 0.5) is 0 Å². The quantitative estimate of drug-likeness (QED) is 0.726. The Kier molecular flexibility index (Phi) is 5.44. The molecule has 1 fully saturated rings. The molecule has 0 N–H and O–H groups in total. The molecule has 0 spiro atoms. The van der Waals surface area contributed by atoms with Gasteiger partial charge in [0.15, 0.2) is 0 Å². The van der Waals surface area contributed by atoms with Gasteiger partial charge in [0.2, 0.25) is 5.91 Å². The fraction of sp³-hybridized carbons (Fsp3) is 0.688. The first-order valence-corrected chi connectivity index (χ1v) is 10.6. The molecule has 0 saturated carbocycles. The zero-order chi connectivity index (χ0) is 18.9. The van der Waals surface area contributed by atoms with Gasteiger partial charge in [-0.05, 0) is 6.54 Å². The molecule has 3 heterocycles. The summed E-state index contributed by atoms with van der Waals surface area (Å²) in [5.74, 6) is -0.477. The summed E-state index contributed by atoms with van der Waals surface area (Å²) in [5.41, 5.74) is 0.683. The number of nitrogens with zero attached hydrogens (tertiary/aromatic N) is 5. The normalized spacial score (nSPS) is 23.2. The van der Waals surface area contributed by atoms with Gasteiger partial charge in [0.25, 0.3) is 5.91 Å². The smallest absolute Gasteiger partial charge is 0.273 e. The molecule has 3 rings (SSSR count). The lowest BCUT2D eigenvalue weighted by atomic mass is 10.2. The Bertz CT molecular complexity index is 827. The molecule has 26 heavy (non-hydrogen) atoms. The van der Waals surface area contributed by atoms with Crippen LogP contribution >= 0.6 is 0 Å². The fourth-order valence-electron chi connectivity index (χ4n) is 3.33. The van der Waals surface area contributed by atoms with Gasteiger partial charge in [0.1, 0.15) is 6.04 Å². The molecule has 144 valence electrons. The van der Waals surface area contributed by atoms with Gasteiger partial charge >= 0.3 is 0 Å². The highest BCUT2D eigenvalue weighted by Crippen LogP contribution is 2.23. The number of aromatic nitrogens is 2. The summed E-state index contributed by atoms with van der Waals surface area (Å²) in [5, 5.41) is 4.26. The van der Waals surface area contributed by atoms with Gasteiger partial charge in [0.05, 0.1) is 52.8 Å². The molecule has 0 aromatic carbocycles. The van der Waals surface area contributed by atoms with Crippen molar-refractivity contribution in [2.45, 2.75) is 37.9 Å². The van der Waals surface area contributed by atoms with Gasteiger partial charge in [-0.1, -0.05) is 6.92 Å². The Labute approximate surface area is 153 Å². The molecular formula is C16H25N5O4S. The molecule has 2 aliphatic heterocycles. The third-order valence-electron chi connectivity index (χ3n) is 4.88. The molecular weight excluding hydrogens is 358 g/mol. The molecule has 1 aromatic rings. The van der Waals surface area contributed by atoms with Crippen LogP contribution in [-0.4, -0.2) is 80.7 Å². The van der Waals surface area contributed by atoms with E-state index in [0.717, 1.165) is 0 Å². The van der Waals surface area contributed by atoms with Crippen LogP contribution in [-0.2, 0) is 37.1 Å². The highest BCUT2D eigenvalue weighted by Gasteiger charge is 2.31. The SMILES string of the molecule is CCN1CCOCC1C(=O)N=S(C)(=O)c1cnn2c1CN(C(C)=O)CC2. The van der Waals surface area contributed by atoms with Crippen molar-refractivity contribution in [3.8, 4) is 0 Å². The zero-order valence-corrected chi connectivity index (χ0v) is 16.2. The molecule has 0 aliphatic carbocycles. The Morgan fingerprint density at radius 3 is 2.85 bits per heavy atom. The largest absolute Gasteiger partial charge is 0.378 e. The number of likely N-dealkylation sites (N-methyl/N-ethyl adjacent to an activating group) is 1. The molecule has 0 bridgehead atoms. The van der Waals surface area contributed by atoms with E-state index in [1.807, 2.05) is 11.8 Å². The third kappa shape index (κ3) is 3.67. The number of hydrogen-bond donors (Lipinski definition) is 0. The predicted molar refractivity (Wildman–Crippen MR) is 94.9 cm³/mol. The van der Waals surface area contributed by atoms with Crippen molar-refractivity contribution in [1.29, 1.82) is 0 Å². The highest BCUT2D eigenvalue weighted by molar-refractivity contribution is 7.93. The summed E-state index contributed by atoms with van der Waals surface area (Å²) in [6.07, 6.45) is 2.96. The average molecular weight is 383 g/mol. The van der Waals surface area contributed by atoms with Gasteiger partial charge in [-0.25, -0.2) is 4.21 Å². The number of carbonyl (C=O) groups is 2. The fourth-order valence-corrected chi connectivity index (χ4v) is 4.75. The molecule has 2 aliphatic rings. The van der Waals surface area contributed by atoms with Crippen LogP contribution in [0.2, 0.25) is 0 Å². The maximum Gasteiger partial charge on any atom is 0.273 e. The Morgan fingerprint density at radius 1 is 1.38 bits per heavy atom. The summed E-state index contributed by atoms with van der Waals surface area (Å²) in [4.78, 5) is 28.4. The van der Waals surface area contributed by atoms with Crippen molar-refractivity contribution in [1.82, 2.24) is 19.6 Å². The van der Waals surface area contributed by atoms with E-state index >= 15 is 0 Å². The third-order valence-corrected chi connectivity index (χ3v) is 6.57. The summed E-state index contributed by atoms with van der Waals surface area (Å²) < 4.78 is 24.4. The monoisotopic (exact) mass is 383 g/mol. The molecule has 10 heteroatoms. The minimum Gasteiger partial charge on any atom is -0.378 e. The van der Waals surface area contributed by atoms with Crippen LogP contribution in [0.1, 0.15) is 19.5 Å². The maximum atomic E-state index is 13.2. The van der Waals surface area contributed by atoms with Gasteiger partial charge in [-0.15, -0.1) is 0 Å². The van der Waals surface area contributed by atoms with Crippen LogP contribution in [0.3, 0.4) is 0 Å². The van der Waals surface area contributed by atoms with E-state index in [0.29, 0.717) is 49.9 Å². The predicted octanol–water partition coefficient (Wildman–Crippen LogP) is -0.0508. The minimum atomic E-state index is -2.97. The summed E-state index contributed by atoms with van der Waals surface area (Å²) >= 11 is 0. The van der Waals surface area contributed by atoms with Gasteiger partial charge in [-0.2, -0.15) is 9.46 Å². The second-order valence-electron chi connectivity index (χ2n) is 6.57. The first-order chi connectivity index (χ1) is 12.3. The number of amides is 2. The van der Waals surface area contributed by atoms with Crippen LogP contribution in [0.15, 0.2) is 15.5 Å². The molecule has 0 radical (unpaired) electrons. The van der Waals surface area contributed by atoms with Crippen molar-refractivity contribution in [2.24, 2.45) is 4.36 Å². The number of rotatable bonds is 3. The summed E-state index contributed by atoms with van der Waals surface area (Å²) in [7, 11) is -2.97. The lowest BCUT2D eigenvalue weighted by Gasteiger charge is -2.32. The topological polar surface area (TPSA) is 97.1 Å². The van der Waals surface area contributed by atoms with Crippen molar-refractivity contribution in [2.75, 3.05) is 39.1 Å². The van der Waals surface area contributed by atoms with Gasteiger partial charge in [0, 0.05) is 26.3 Å². The molecule has 2 atom stereocenters. The molecule has 2 unspecified atom stereocenters. The molecule has 1 aromatic heterocycles. The maximum absolute atomic E-state index is 13.2. The first kappa shape index (κ1) is 19.0. The van der Waals surface area contributed by atoms with E-state index < -0.39 is 21.7 Å². The van der Waals surface area contributed by atoms with Crippen LogP contribution < -0.4 is 0 Å². The molecule has 1 saturated heterocycles. The Hall–Kier alpha value is -1.78. The summed E-state index contributed by atoms with van der Waals surface area (Å²) in [6, 6.07) is -0.505. The van der Waals surface area contributed by atoms with E-state index in [-0.39, 0.29) is 12.5 Å². The highest BCUT2D eigenvalue weighted by atomic mass is 32.2. The van der Waals surface area contributed by atoms with E-state index in [9.17, 15) is 13.8 Å². The lowest BCUT2D eigenvalue weighted by Crippen LogP contribution is -2.49. The molecule has 9 nitrogen and oxygen atoms in total. The van der Waals surface area contributed by atoms with E-state index in [4.69, 9.17) is 4.74 Å². The summed E-state index contributed by atoms with van der Waals surface area (Å²) in [6.45, 7) is 7.11. The number of hydrogen-bond acceptors (Lipinski definition) is 6. The number of morpholine rings is 1. The second kappa shape index (κ2) is 7.45. The lowest BCUT2D eigenvalue weighted by molar-refractivity contribution is -0.130. The van der Waals surface area contributed by atoms with E-state index in [2.05, 4.69) is 9.46 Å². The number of ether oxygens (including phenoxy) is 1. The first-order valence-electron chi connectivity index (χ1n) is 8.71. The number of fused-ring (bicyclic) bond motifs is 1. The van der Waals surface area contributed by atoms with Crippen LogP contribution in [0, 0.1) is 0 Å². The van der Waals surface area contributed by atoms with Crippen molar-refractivity contribution in [3.63, 3.8) is 0 Å². The minimum absolute atomic E-state index is 0.0445. The second-order valence-corrected chi connectivity index (χ2v) is 8.80. The Morgan fingerprint density at radius 2 is 2.15 bits per heavy atom. The van der Waals surface area contributed by atoms with Gasteiger partial charge < -0.3 is 9.64 Å². The Balaban J connectivity index is 1.90. The van der Waals surface area contributed by atoms with Crippen LogP contribution in [0.5, 0.6) is 0 Å².